The number of nitrogens with zero attached hydrogens (tertiary/aromatic N) is 1. The molecule has 0 saturated heterocycles. The molecule has 0 aliphatic rings. The molecule has 1 atom stereocenters. The zero-order valence-corrected chi connectivity index (χ0v) is 6.83. The van der Waals surface area contributed by atoms with E-state index in [1.165, 1.54) is 14.1 Å². The summed E-state index contributed by atoms with van der Waals surface area (Å²) < 4.78 is 0. The zero-order chi connectivity index (χ0) is 8.20. The molecular weight excluding hydrogens is 130 g/mol. The molecule has 0 aromatic carbocycles. The van der Waals surface area contributed by atoms with Gasteiger partial charge in [-0.3, -0.25) is 0 Å². The van der Waals surface area contributed by atoms with Crippen LogP contribution in [0.5, 0.6) is 0 Å². The van der Waals surface area contributed by atoms with Gasteiger partial charge in [-0.25, -0.2) is 4.81 Å². The maximum absolute atomic E-state index is 10.9. The van der Waals surface area contributed by atoms with Crippen molar-refractivity contribution in [1.82, 2.24) is 0 Å². The van der Waals surface area contributed by atoms with Gasteiger partial charge in [0.1, 0.15) is 6.10 Å². The van der Waals surface area contributed by atoms with Crippen molar-refractivity contribution in [3.8, 4) is 0 Å². The molecule has 0 radical (unpaired) electrons. The lowest BCUT2D eigenvalue weighted by Gasteiger charge is -2.32. The van der Waals surface area contributed by atoms with Crippen molar-refractivity contribution >= 4 is 0 Å². The van der Waals surface area contributed by atoms with E-state index >= 15 is 0 Å². The van der Waals surface area contributed by atoms with Gasteiger partial charge in [0.15, 0.2) is 0 Å². The van der Waals surface area contributed by atoms with Crippen LogP contribution in [0.25, 0.3) is 0 Å². The minimum Gasteiger partial charge on any atom is -0.599 e. The first kappa shape index (κ1) is 9.62. The molecule has 60 valence electrons. The molecule has 3 heteroatoms. The van der Waals surface area contributed by atoms with Gasteiger partial charge in [-0.2, -0.15) is 4.84 Å². The SMILES string of the molecule is C=CCC(C)O[N+](C)(C)[O-]. The highest BCUT2D eigenvalue weighted by atomic mass is 16.9. The van der Waals surface area contributed by atoms with E-state index in [-0.39, 0.29) is 6.10 Å². The smallest absolute Gasteiger partial charge is 0.118 e. The Labute approximate surface area is 62.0 Å². The summed E-state index contributed by atoms with van der Waals surface area (Å²) in [6, 6.07) is 0. The largest absolute Gasteiger partial charge is 0.599 e. The molecule has 0 rings (SSSR count). The Balaban J connectivity index is 3.56. The van der Waals surface area contributed by atoms with E-state index in [4.69, 9.17) is 4.84 Å². The summed E-state index contributed by atoms with van der Waals surface area (Å²) in [5, 5.41) is 10.9. The molecule has 0 saturated carbocycles. The number of hydroxylamine groups is 4. The third-order valence-corrected chi connectivity index (χ3v) is 0.932. The zero-order valence-electron chi connectivity index (χ0n) is 6.83. The predicted molar refractivity (Wildman–Crippen MR) is 40.8 cm³/mol. The summed E-state index contributed by atoms with van der Waals surface area (Å²) in [5.74, 6) is 0. The van der Waals surface area contributed by atoms with Crippen LogP contribution in [0.15, 0.2) is 12.7 Å². The summed E-state index contributed by atoms with van der Waals surface area (Å²) in [5.41, 5.74) is 0. The highest BCUT2D eigenvalue weighted by molar-refractivity contribution is 4.69. The number of hydrogen-bond acceptors (Lipinski definition) is 2. The predicted octanol–water partition coefficient (Wildman–Crippen LogP) is 1.46. The second kappa shape index (κ2) is 3.71. The maximum Gasteiger partial charge on any atom is 0.118 e. The van der Waals surface area contributed by atoms with Crippen LogP contribution >= 0.6 is 0 Å². The van der Waals surface area contributed by atoms with E-state index in [0.29, 0.717) is 6.42 Å². The quantitative estimate of drug-likeness (QED) is 0.341. The third-order valence-electron chi connectivity index (χ3n) is 0.932. The first-order chi connectivity index (χ1) is 4.45. The van der Waals surface area contributed by atoms with E-state index in [9.17, 15) is 5.21 Å². The van der Waals surface area contributed by atoms with Gasteiger partial charge in [-0.05, 0) is 13.3 Å². The van der Waals surface area contributed by atoms with Crippen molar-refractivity contribution in [2.24, 2.45) is 0 Å². The van der Waals surface area contributed by atoms with E-state index in [2.05, 4.69) is 6.58 Å². The van der Waals surface area contributed by atoms with Crippen LogP contribution in [-0.2, 0) is 4.84 Å². The van der Waals surface area contributed by atoms with Gasteiger partial charge in [-0.1, -0.05) is 6.08 Å². The van der Waals surface area contributed by atoms with Crippen LogP contribution in [-0.4, -0.2) is 25.0 Å². The number of rotatable bonds is 4. The van der Waals surface area contributed by atoms with Crippen LogP contribution in [0.1, 0.15) is 13.3 Å². The molecular formula is C7H15NO2. The molecule has 0 N–H and O–H groups in total. The van der Waals surface area contributed by atoms with E-state index < -0.39 is 4.81 Å². The summed E-state index contributed by atoms with van der Waals surface area (Å²) in [7, 11) is 2.89. The molecule has 0 fully saturated rings. The highest BCUT2D eigenvalue weighted by Crippen LogP contribution is 2.04. The molecule has 0 aliphatic carbocycles. The molecule has 0 bridgehead atoms. The van der Waals surface area contributed by atoms with Crippen LogP contribution in [0.2, 0.25) is 0 Å². The van der Waals surface area contributed by atoms with Gasteiger partial charge in [0.2, 0.25) is 0 Å². The van der Waals surface area contributed by atoms with Crippen molar-refractivity contribution < 1.29 is 9.65 Å². The molecule has 0 heterocycles. The standard InChI is InChI=1S/C7H15NO2/c1-5-6-7(2)10-8(3,4)9/h5,7H,1,6H2,2-4H3. The normalized spacial score (nSPS) is 14.8. The number of quaternary nitrogens is 1. The maximum atomic E-state index is 10.9. The average Bonchev–Trinajstić information content (AvgIpc) is 1.59. The molecule has 0 spiro atoms. The van der Waals surface area contributed by atoms with Gasteiger partial charge < -0.3 is 5.21 Å². The fourth-order valence-corrected chi connectivity index (χ4v) is 0.711. The van der Waals surface area contributed by atoms with Crippen molar-refractivity contribution in [3.05, 3.63) is 17.9 Å². The number of hydrogen-bond donors (Lipinski definition) is 0. The van der Waals surface area contributed by atoms with Crippen LogP contribution in [0.3, 0.4) is 0 Å². The molecule has 0 aliphatic heterocycles. The van der Waals surface area contributed by atoms with Crippen molar-refractivity contribution in [2.75, 3.05) is 14.1 Å². The van der Waals surface area contributed by atoms with Gasteiger partial charge in [0.25, 0.3) is 0 Å². The minimum absolute atomic E-state index is 0.0509. The lowest BCUT2D eigenvalue weighted by atomic mass is 10.3. The highest BCUT2D eigenvalue weighted by Gasteiger charge is 2.08. The molecule has 0 aromatic heterocycles. The van der Waals surface area contributed by atoms with Gasteiger partial charge >= 0.3 is 0 Å². The third kappa shape index (κ3) is 5.75. The van der Waals surface area contributed by atoms with Crippen LogP contribution in [0, 0.1) is 5.21 Å². The summed E-state index contributed by atoms with van der Waals surface area (Å²) in [6.07, 6.45) is 2.40. The second-order valence-corrected chi connectivity index (χ2v) is 2.69. The first-order valence-electron chi connectivity index (χ1n) is 3.30. The average molecular weight is 145 g/mol. The van der Waals surface area contributed by atoms with Gasteiger partial charge in [0, 0.05) is 0 Å². The topological polar surface area (TPSA) is 32.3 Å². The summed E-state index contributed by atoms with van der Waals surface area (Å²) in [6.45, 7) is 5.39. The minimum atomic E-state index is -0.699. The summed E-state index contributed by atoms with van der Waals surface area (Å²) >= 11 is 0. The Bertz CT molecular complexity index is 107. The monoisotopic (exact) mass is 145 g/mol. The lowest BCUT2D eigenvalue weighted by Crippen LogP contribution is -2.35. The molecule has 0 aromatic rings. The molecule has 0 amide bonds. The molecule has 1 unspecified atom stereocenters. The molecule has 3 nitrogen and oxygen atoms in total. The Morgan fingerprint density at radius 3 is 2.50 bits per heavy atom. The van der Waals surface area contributed by atoms with E-state index in [1.54, 1.807) is 6.08 Å². The van der Waals surface area contributed by atoms with Crippen LogP contribution in [0.4, 0.5) is 0 Å². The second-order valence-electron chi connectivity index (χ2n) is 2.69. The van der Waals surface area contributed by atoms with Gasteiger partial charge in [0.05, 0.1) is 14.1 Å². The van der Waals surface area contributed by atoms with Crippen molar-refractivity contribution in [3.63, 3.8) is 0 Å². The Morgan fingerprint density at radius 2 is 2.20 bits per heavy atom. The van der Waals surface area contributed by atoms with Crippen molar-refractivity contribution in [2.45, 2.75) is 19.4 Å². The fourth-order valence-electron chi connectivity index (χ4n) is 0.711. The Morgan fingerprint density at radius 1 is 1.70 bits per heavy atom. The van der Waals surface area contributed by atoms with E-state index in [0.717, 1.165) is 0 Å². The Hall–Kier alpha value is -0.380. The Kier molecular flexibility index (Phi) is 3.57. The summed E-state index contributed by atoms with van der Waals surface area (Å²) in [4.78, 5) is 4.29. The van der Waals surface area contributed by atoms with Gasteiger partial charge in [-0.15, -0.1) is 6.58 Å². The molecule has 10 heavy (non-hydrogen) atoms. The van der Waals surface area contributed by atoms with Crippen LogP contribution < -0.4 is 0 Å². The fraction of sp³-hybridized carbons (Fsp3) is 0.714. The van der Waals surface area contributed by atoms with E-state index in [1.807, 2.05) is 6.92 Å². The van der Waals surface area contributed by atoms with Crippen molar-refractivity contribution in [1.29, 1.82) is 0 Å². The lowest BCUT2D eigenvalue weighted by molar-refractivity contribution is -1.04. The first-order valence-corrected chi connectivity index (χ1v) is 3.30.